The van der Waals surface area contributed by atoms with Crippen LogP contribution < -0.4 is 0 Å². The molecular weight excluding hydrogens is 587 g/mol. The van der Waals surface area contributed by atoms with Gasteiger partial charge in [0.2, 0.25) is 0 Å². The molecule has 3 atom stereocenters. The zero-order valence-electron chi connectivity index (χ0n) is 22.1. The van der Waals surface area contributed by atoms with Crippen molar-refractivity contribution < 1.29 is 27.1 Å². The highest BCUT2D eigenvalue weighted by Gasteiger charge is 2.72. The van der Waals surface area contributed by atoms with Gasteiger partial charge in [0.25, 0.3) is 0 Å². The molecule has 1 heterocycles. The van der Waals surface area contributed by atoms with E-state index in [2.05, 4.69) is 35.6 Å². The minimum absolute atomic E-state index is 0.146. The van der Waals surface area contributed by atoms with Gasteiger partial charge in [0.1, 0.15) is 22.2 Å². The van der Waals surface area contributed by atoms with E-state index in [1.807, 2.05) is 0 Å². The number of ether oxygens (including phenoxy) is 2. The van der Waals surface area contributed by atoms with E-state index in [1.165, 1.54) is 17.2 Å². The van der Waals surface area contributed by atoms with E-state index in [0.29, 0.717) is 17.5 Å². The van der Waals surface area contributed by atoms with Crippen molar-refractivity contribution in [1.82, 2.24) is 4.90 Å². The van der Waals surface area contributed by atoms with Crippen LogP contribution in [0.15, 0.2) is 27.7 Å². The van der Waals surface area contributed by atoms with Crippen molar-refractivity contribution in [3.63, 3.8) is 0 Å². The van der Waals surface area contributed by atoms with E-state index in [1.54, 1.807) is 39.8 Å². The average molecular weight is 624 g/mol. The van der Waals surface area contributed by atoms with Crippen molar-refractivity contribution in [3.8, 4) is 0 Å². The number of amides is 1. The molecule has 202 valence electrons. The number of halogens is 2. The molecule has 12 heteroatoms. The fourth-order valence-electron chi connectivity index (χ4n) is 4.19. The van der Waals surface area contributed by atoms with Crippen LogP contribution in [-0.4, -0.2) is 61.9 Å². The third-order valence-corrected chi connectivity index (χ3v) is 12.6. The summed E-state index contributed by atoms with van der Waals surface area (Å²) in [5.41, 5.74) is -1.73. The Bertz CT molecular complexity index is 1170. The first kappa shape index (κ1) is 29.6. The van der Waals surface area contributed by atoms with Crippen molar-refractivity contribution in [1.29, 1.82) is 0 Å². The van der Waals surface area contributed by atoms with E-state index < -0.39 is 51.0 Å². The second-order valence-corrected chi connectivity index (χ2v) is 22.2. The Labute approximate surface area is 227 Å². The maximum Gasteiger partial charge on any atom is 0.418 e. The number of carbonyl (C=O) groups is 1. The lowest BCUT2D eigenvalue weighted by Gasteiger charge is -2.37. The summed E-state index contributed by atoms with van der Waals surface area (Å²) in [5, 5.41) is 0.151. The number of rotatable bonds is 7. The Hall–Kier alpha value is -0.953. The lowest BCUT2D eigenvalue weighted by Crippen LogP contribution is -2.46. The van der Waals surface area contributed by atoms with Gasteiger partial charge >= 0.3 is 6.09 Å². The molecule has 3 rings (SSSR count). The normalized spacial score (nSPS) is 26.2. The van der Waals surface area contributed by atoms with Crippen LogP contribution in [0.4, 0.5) is 9.18 Å². The van der Waals surface area contributed by atoms with Crippen molar-refractivity contribution in [2.75, 3.05) is 19.6 Å². The van der Waals surface area contributed by atoms with Crippen molar-refractivity contribution in [2.45, 2.75) is 75.0 Å². The van der Waals surface area contributed by atoms with Crippen LogP contribution in [0.3, 0.4) is 0 Å². The van der Waals surface area contributed by atoms with Gasteiger partial charge in [-0.15, -0.1) is 0 Å². The Kier molecular flexibility index (Phi) is 8.20. The quantitative estimate of drug-likeness (QED) is 0.204. The topological polar surface area (TPSA) is 85.3 Å². The zero-order chi connectivity index (χ0) is 27.3. The number of benzene rings is 1. The third kappa shape index (κ3) is 6.36. The molecule has 1 aromatic carbocycles. The van der Waals surface area contributed by atoms with Gasteiger partial charge in [0.15, 0.2) is 15.0 Å². The summed E-state index contributed by atoms with van der Waals surface area (Å²) in [6.07, 6.45) is 0.787. The summed E-state index contributed by atoms with van der Waals surface area (Å²) in [6.45, 7) is 14.0. The Balaban J connectivity index is 2.07. The van der Waals surface area contributed by atoms with E-state index in [4.69, 9.17) is 14.5 Å². The maximum absolute atomic E-state index is 15.1. The number of nitrogens with zero attached hydrogens (tertiary/aromatic N) is 2. The largest absolute Gasteiger partial charge is 0.443 e. The lowest BCUT2D eigenvalue weighted by atomic mass is 9.87. The number of hydrogen-bond donors (Lipinski definition) is 0. The molecule has 0 bridgehead atoms. The highest BCUT2D eigenvalue weighted by Crippen LogP contribution is 2.68. The average Bonchev–Trinajstić information content (AvgIpc) is 3.45. The van der Waals surface area contributed by atoms with Crippen molar-refractivity contribution >= 4 is 56.9 Å². The SMILES string of the molecule is CC(C)(C)OC(=O)N(COCC[Si](C)(C)C)C1=N[C@](C)(c2cc(Br)ccc2F)[C@@H]2C[C@]2(S(C)(=O)=O)S1. The summed E-state index contributed by atoms with van der Waals surface area (Å²) >= 11 is 4.42. The smallest absolute Gasteiger partial charge is 0.418 e. The fraction of sp³-hybridized carbons (Fsp3) is 0.667. The summed E-state index contributed by atoms with van der Waals surface area (Å²) in [5.74, 6) is -0.939. The maximum atomic E-state index is 15.1. The van der Waals surface area contributed by atoms with Gasteiger partial charge in [-0.1, -0.05) is 47.3 Å². The first-order chi connectivity index (χ1) is 16.3. The standard InChI is InChI=1S/C24H36BrFN2O5S2Si/c1-22(2,3)33-21(29)28(15-32-11-12-36(6,7)8)20-27-23(4,17-13-16(25)9-10-18(17)26)19-14-24(19,34-20)35(5,30)31/h9-10,13,19H,11-12,14-15H2,1-8H3/t19-,23+,24+/m0/s1. The number of aliphatic imine (C=N–C) groups is 1. The second kappa shape index (κ2) is 9.98. The van der Waals surface area contributed by atoms with Gasteiger partial charge in [-0.25, -0.2) is 22.5 Å². The van der Waals surface area contributed by atoms with E-state index >= 15 is 4.39 Å². The second-order valence-electron chi connectivity index (χ2n) is 11.9. The summed E-state index contributed by atoms with van der Waals surface area (Å²) in [4.78, 5) is 19.4. The van der Waals surface area contributed by atoms with Crippen LogP contribution in [-0.2, 0) is 24.8 Å². The molecule has 2 aliphatic rings. The van der Waals surface area contributed by atoms with Crippen LogP contribution in [0.2, 0.25) is 25.7 Å². The number of thioether (sulfide) groups is 1. The number of hydrogen-bond acceptors (Lipinski definition) is 7. The Morgan fingerprint density at radius 3 is 2.53 bits per heavy atom. The lowest BCUT2D eigenvalue weighted by molar-refractivity contribution is 0.0110. The highest BCUT2D eigenvalue weighted by atomic mass is 79.9. The summed E-state index contributed by atoms with van der Waals surface area (Å²) < 4.78 is 52.1. The van der Waals surface area contributed by atoms with Gasteiger partial charge in [-0.05, 0) is 58.4 Å². The number of fused-ring (bicyclic) bond motifs is 1. The predicted molar refractivity (Wildman–Crippen MR) is 149 cm³/mol. The van der Waals surface area contributed by atoms with Gasteiger partial charge in [-0.3, -0.25) is 4.99 Å². The molecule has 0 aromatic heterocycles. The first-order valence-corrected chi connectivity index (χ1v) is 19.0. The molecular formula is C24H36BrFN2O5S2Si. The molecule has 1 aliphatic heterocycles. The van der Waals surface area contributed by atoms with Gasteiger partial charge < -0.3 is 9.47 Å². The van der Waals surface area contributed by atoms with Crippen molar-refractivity contribution in [3.05, 3.63) is 34.1 Å². The monoisotopic (exact) mass is 622 g/mol. The van der Waals surface area contributed by atoms with Crippen LogP contribution >= 0.6 is 27.7 Å². The molecule has 1 aromatic rings. The minimum atomic E-state index is -3.59. The van der Waals surface area contributed by atoms with E-state index in [0.717, 1.165) is 17.8 Å². The summed E-state index contributed by atoms with van der Waals surface area (Å²) in [6, 6.07) is 5.43. The Morgan fingerprint density at radius 2 is 1.97 bits per heavy atom. The number of amidine groups is 1. The molecule has 0 radical (unpaired) electrons. The predicted octanol–water partition coefficient (Wildman–Crippen LogP) is 6.22. The molecule has 36 heavy (non-hydrogen) atoms. The summed E-state index contributed by atoms with van der Waals surface area (Å²) in [7, 11) is -4.97. The Morgan fingerprint density at radius 1 is 1.33 bits per heavy atom. The van der Waals surface area contributed by atoms with Gasteiger partial charge in [0, 0.05) is 36.9 Å². The molecule has 1 amide bonds. The van der Waals surface area contributed by atoms with E-state index in [9.17, 15) is 13.2 Å². The molecule has 0 saturated heterocycles. The highest BCUT2D eigenvalue weighted by molar-refractivity contribution is 9.10. The molecule has 0 unspecified atom stereocenters. The third-order valence-electron chi connectivity index (χ3n) is 6.29. The molecule has 7 nitrogen and oxygen atoms in total. The molecule has 1 fully saturated rings. The number of carbonyl (C=O) groups excluding carboxylic acids is 1. The number of sulfone groups is 1. The van der Waals surface area contributed by atoms with Crippen molar-refractivity contribution in [2.24, 2.45) is 10.9 Å². The van der Waals surface area contributed by atoms with Crippen LogP contribution in [0.25, 0.3) is 0 Å². The fourth-order valence-corrected chi connectivity index (χ4v) is 8.76. The zero-order valence-corrected chi connectivity index (χ0v) is 26.4. The molecule has 1 aliphatic carbocycles. The first-order valence-electron chi connectivity index (χ1n) is 11.8. The molecule has 1 saturated carbocycles. The molecule has 0 spiro atoms. The minimum Gasteiger partial charge on any atom is -0.443 e. The van der Waals surface area contributed by atoms with Crippen LogP contribution in [0.5, 0.6) is 0 Å². The van der Waals surface area contributed by atoms with Gasteiger partial charge in [-0.2, -0.15) is 0 Å². The van der Waals surface area contributed by atoms with Crippen LogP contribution in [0, 0.1) is 11.7 Å². The van der Waals surface area contributed by atoms with Gasteiger partial charge in [0.05, 0.1) is 5.54 Å². The van der Waals surface area contributed by atoms with Crippen LogP contribution in [0.1, 0.15) is 39.7 Å². The van der Waals surface area contributed by atoms with E-state index in [-0.39, 0.29) is 17.5 Å². The molecule has 0 N–H and O–H groups in total.